The average molecular weight is 522 g/mol. The first-order valence-electron chi connectivity index (χ1n) is 20.1. The summed E-state index contributed by atoms with van der Waals surface area (Å²) in [6.45, 7) is 0. The molecule has 0 fully saturated rings. The van der Waals surface area contributed by atoms with Crippen molar-refractivity contribution >= 4 is 43.1 Å². The molecule has 0 N–H and O–H groups in total. The fourth-order valence-corrected chi connectivity index (χ4v) is 5.53. The van der Waals surface area contributed by atoms with Gasteiger partial charge < -0.3 is 0 Å². The second-order valence-corrected chi connectivity index (χ2v) is 9.32. The van der Waals surface area contributed by atoms with E-state index < -0.39 is 107 Å². The van der Waals surface area contributed by atoms with E-state index in [9.17, 15) is 6.85 Å². The molecule has 0 bridgehead atoms. The summed E-state index contributed by atoms with van der Waals surface area (Å²) in [4.78, 5) is 0. The predicted octanol–water partition coefficient (Wildman–Crippen LogP) is 11.3. The Hall–Kier alpha value is -5.20. The van der Waals surface area contributed by atoms with Crippen molar-refractivity contribution in [2.24, 2.45) is 0 Å². The standard InChI is InChI=1S/C40H26/c1-2-13-27(14-3-1)30-25-26-38(32-19-7-6-18-31(30)32)40-36-22-10-8-20-34(36)39(35-21-9-11-23-37(35)40)33-24-12-16-28-15-4-5-17-29(28)33/h1-26H/i4D,5D,8D,9D,10D,11D,12D,15D,16D,17D,20D,21D,22D,23D,24D. The lowest BCUT2D eigenvalue weighted by atomic mass is 9.83. The Morgan fingerprint density at radius 3 is 1.45 bits per heavy atom. The first-order chi connectivity index (χ1) is 26.1. The highest BCUT2D eigenvalue weighted by atomic mass is 14.2. The number of hydrogen-bond donors (Lipinski definition) is 0. The van der Waals surface area contributed by atoms with Crippen molar-refractivity contribution < 1.29 is 20.6 Å². The third-order valence-electron chi connectivity index (χ3n) is 7.22. The Kier molecular flexibility index (Phi) is 2.84. The van der Waals surface area contributed by atoms with Gasteiger partial charge in [-0.2, -0.15) is 0 Å². The zero-order valence-corrected chi connectivity index (χ0v) is 20.9. The van der Waals surface area contributed by atoms with Crippen molar-refractivity contribution in [3.05, 3.63) is 157 Å². The van der Waals surface area contributed by atoms with Gasteiger partial charge in [-0.1, -0.05) is 157 Å². The van der Waals surface area contributed by atoms with Crippen LogP contribution in [0.4, 0.5) is 0 Å². The lowest BCUT2D eigenvalue weighted by Gasteiger charge is -2.20. The third-order valence-corrected chi connectivity index (χ3v) is 7.22. The number of rotatable bonds is 3. The minimum atomic E-state index is -0.748. The second-order valence-electron chi connectivity index (χ2n) is 9.32. The molecule has 0 heterocycles. The summed E-state index contributed by atoms with van der Waals surface area (Å²) >= 11 is 0. The summed E-state index contributed by atoms with van der Waals surface area (Å²) in [6.07, 6.45) is 0. The van der Waals surface area contributed by atoms with E-state index in [-0.39, 0.29) is 32.7 Å². The van der Waals surface area contributed by atoms with Crippen LogP contribution in [0.3, 0.4) is 0 Å². The molecule has 0 spiro atoms. The Morgan fingerprint density at radius 1 is 0.325 bits per heavy atom. The summed E-state index contributed by atoms with van der Waals surface area (Å²) in [5, 5.41) is -0.355. The molecule has 0 unspecified atom stereocenters. The lowest BCUT2D eigenvalue weighted by Crippen LogP contribution is -1.93. The Bertz CT molecular complexity index is 2940. The first kappa shape index (κ1) is 12.3. The first-order valence-corrected chi connectivity index (χ1v) is 12.6. The fraction of sp³-hybridized carbons (Fsp3) is 0. The maximum atomic E-state index is 9.37. The van der Waals surface area contributed by atoms with Crippen molar-refractivity contribution in [2.45, 2.75) is 0 Å². The SMILES string of the molecule is [2H]c1c([2H])c([2H])c2c(-c3c4c([2H])c([2H])c([2H])c([2H])c4c(-c4ccc(-c5ccccc5)c5ccccc45)c4c([2H])c([2H])c([2H])c([2H])c34)c([2H])c([2H])c([2H])c2c1[2H]. The van der Waals surface area contributed by atoms with E-state index >= 15 is 0 Å². The topological polar surface area (TPSA) is 0 Å². The van der Waals surface area contributed by atoms with Crippen molar-refractivity contribution in [1.29, 1.82) is 0 Å². The van der Waals surface area contributed by atoms with Crippen LogP contribution in [0.2, 0.25) is 0 Å². The fourth-order valence-electron chi connectivity index (χ4n) is 5.53. The molecule has 0 aliphatic carbocycles. The molecule has 186 valence electrons. The van der Waals surface area contributed by atoms with Gasteiger partial charge in [0.1, 0.15) is 0 Å². The summed E-state index contributed by atoms with van der Waals surface area (Å²) < 4.78 is 134. The largest absolute Gasteiger partial charge is 0.0629 e. The van der Waals surface area contributed by atoms with E-state index in [2.05, 4.69) is 0 Å². The van der Waals surface area contributed by atoms with Crippen LogP contribution in [0.25, 0.3) is 76.5 Å². The Balaban J connectivity index is 1.74. The van der Waals surface area contributed by atoms with Crippen molar-refractivity contribution in [3.8, 4) is 33.4 Å². The summed E-state index contributed by atoms with van der Waals surface area (Å²) in [6, 6.07) is 10.4. The van der Waals surface area contributed by atoms with Crippen LogP contribution in [0.5, 0.6) is 0 Å². The average Bonchev–Trinajstić information content (AvgIpc) is 3.19. The minimum Gasteiger partial charge on any atom is -0.0622 e. The molecular formula is C40H26. The highest BCUT2D eigenvalue weighted by Crippen LogP contribution is 2.47. The number of fused-ring (bicyclic) bond motifs is 4. The Morgan fingerprint density at radius 2 is 0.800 bits per heavy atom. The maximum Gasteiger partial charge on any atom is 0.0629 e. The van der Waals surface area contributed by atoms with Gasteiger partial charge in [-0.05, 0) is 76.5 Å². The molecule has 0 radical (unpaired) electrons. The van der Waals surface area contributed by atoms with Gasteiger partial charge in [0.25, 0.3) is 0 Å². The monoisotopic (exact) mass is 521 g/mol. The van der Waals surface area contributed by atoms with Gasteiger partial charge in [0.15, 0.2) is 0 Å². The molecular weight excluding hydrogens is 480 g/mol. The van der Waals surface area contributed by atoms with Gasteiger partial charge >= 0.3 is 0 Å². The molecule has 8 aromatic rings. The van der Waals surface area contributed by atoms with Crippen molar-refractivity contribution in [3.63, 3.8) is 0 Å². The van der Waals surface area contributed by atoms with E-state index in [4.69, 9.17) is 13.7 Å². The van der Waals surface area contributed by atoms with E-state index in [0.717, 1.165) is 16.5 Å². The molecule has 8 aromatic carbocycles. The van der Waals surface area contributed by atoms with E-state index in [1.54, 1.807) is 12.1 Å². The third kappa shape index (κ3) is 3.47. The van der Waals surface area contributed by atoms with Gasteiger partial charge in [-0.25, -0.2) is 0 Å². The number of hydrogen-bond acceptors (Lipinski definition) is 0. The highest BCUT2D eigenvalue weighted by molar-refractivity contribution is 6.25. The molecule has 0 aliphatic heterocycles. The van der Waals surface area contributed by atoms with Gasteiger partial charge in [-0.3, -0.25) is 0 Å². The van der Waals surface area contributed by atoms with Crippen LogP contribution in [0, 0.1) is 0 Å². The highest BCUT2D eigenvalue weighted by Gasteiger charge is 2.19. The van der Waals surface area contributed by atoms with Crippen molar-refractivity contribution in [1.82, 2.24) is 0 Å². The molecule has 0 saturated heterocycles. The van der Waals surface area contributed by atoms with Crippen LogP contribution < -0.4 is 0 Å². The molecule has 0 atom stereocenters. The smallest absolute Gasteiger partial charge is 0.0622 e. The molecule has 0 aliphatic rings. The molecule has 40 heavy (non-hydrogen) atoms. The van der Waals surface area contributed by atoms with E-state index in [1.165, 1.54) is 0 Å². The van der Waals surface area contributed by atoms with Crippen LogP contribution in [0.1, 0.15) is 20.6 Å². The zero-order valence-electron chi connectivity index (χ0n) is 35.9. The summed E-state index contributed by atoms with van der Waals surface area (Å²) in [7, 11) is 0. The quantitative estimate of drug-likeness (QED) is 0.203. The molecule has 0 amide bonds. The Labute approximate surface area is 254 Å². The van der Waals surface area contributed by atoms with Crippen LogP contribution in [-0.4, -0.2) is 0 Å². The van der Waals surface area contributed by atoms with E-state index in [0.29, 0.717) is 10.9 Å². The molecule has 8 rings (SSSR count). The normalized spacial score (nSPS) is 16.8. The zero-order chi connectivity index (χ0) is 39.5. The maximum absolute atomic E-state index is 9.37. The van der Waals surface area contributed by atoms with Crippen molar-refractivity contribution in [2.75, 3.05) is 0 Å². The van der Waals surface area contributed by atoms with Gasteiger partial charge in [0.2, 0.25) is 0 Å². The number of benzene rings is 8. The van der Waals surface area contributed by atoms with E-state index in [1.807, 2.05) is 54.6 Å². The van der Waals surface area contributed by atoms with Gasteiger partial charge in [-0.15, -0.1) is 0 Å². The van der Waals surface area contributed by atoms with Crippen LogP contribution >= 0.6 is 0 Å². The molecule has 0 heteroatoms. The predicted molar refractivity (Wildman–Crippen MR) is 173 cm³/mol. The summed E-state index contributed by atoms with van der Waals surface area (Å²) in [5.41, 5.74) is 1.40. The van der Waals surface area contributed by atoms with Crippen LogP contribution in [-0.2, 0) is 0 Å². The van der Waals surface area contributed by atoms with Crippen LogP contribution in [0.15, 0.2) is 157 Å². The molecule has 0 saturated carbocycles. The lowest BCUT2D eigenvalue weighted by molar-refractivity contribution is 1.64. The van der Waals surface area contributed by atoms with Gasteiger partial charge in [0, 0.05) is 0 Å². The minimum absolute atomic E-state index is 0.0597. The second kappa shape index (κ2) is 9.22. The summed E-state index contributed by atoms with van der Waals surface area (Å²) in [5.74, 6) is 0. The van der Waals surface area contributed by atoms with Gasteiger partial charge in [0.05, 0.1) is 20.6 Å². The molecule has 0 aromatic heterocycles. The molecule has 0 nitrogen and oxygen atoms in total.